The number of nitrogens with two attached hydrogens (primary N) is 1. The standard InChI is InChI=1S/C12H18N8O/c1-21-8-9-3-6-19(7-9)11-15-10(18-13)16-12(17-11)20-5-2-4-14-20/h2,4-5,9H,3,6-8,13H2,1H3,(H,15,16,17,18). The summed E-state index contributed by atoms with van der Waals surface area (Å²) in [6.45, 7) is 2.50. The number of hydrogen-bond acceptors (Lipinski definition) is 8. The first-order chi connectivity index (χ1) is 10.3. The lowest BCUT2D eigenvalue weighted by Crippen LogP contribution is -2.25. The van der Waals surface area contributed by atoms with Crippen molar-refractivity contribution in [2.24, 2.45) is 11.8 Å². The van der Waals surface area contributed by atoms with Crippen LogP contribution >= 0.6 is 0 Å². The van der Waals surface area contributed by atoms with Gasteiger partial charge in [-0.05, 0) is 12.5 Å². The minimum atomic E-state index is 0.320. The van der Waals surface area contributed by atoms with Crippen LogP contribution in [0.4, 0.5) is 11.9 Å². The van der Waals surface area contributed by atoms with E-state index in [0.29, 0.717) is 23.8 Å². The second-order valence-corrected chi connectivity index (χ2v) is 4.91. The second-order valence-electron chi connectivity index (χ2n) is 4.91. The van der Waals surface area contributed by atoms with Gasteiger partial charge < -0.3 is 9.64 Å². The van der Waals surface area contributed by atoms with Crippen molar-refractivity contribution in [3.8, 4) is 5.95 Å². The molecule has 21 heavy (non-hydrogen) atoms. The second kappa shape index (κ2) is 6.02. The molecule has 112 valence electrons. The van der Waals surface area contributed by atoms with E-state index in [1.807, 2.05) is 6.07 Å². The van der Waals surface area contributed by atoms with Gasteiger partial charge in [-0.1, -0.05) is 0 Å². The topological polar surface area (TPSA) is 107 Å². The third-order valence-electron chi connectivity index (χ3n) is 3.42. The van der Waals surface area contributed by atoms with Crippen LogP contribution in [0.25, 0.3) is 5.95 Å². The molecule has 0 aromatic carbocycles. The van der Waals surface area contributed by atoms with Crippen molar-refractivity contribution in [1.29, 1.82) is 0 Å². The molecule has 1 unspecified atom stereocenters. The molecule has 2 aromatic rings. The molecule has 0 amide bonds. The van der Waals surface area contributed by atoms with E-state index in [0.717, 1.165) is 26.1 Å². The van der Waals surface area contributed by atoms with Gasteiger partial charge in [0.2, 0.25) is 11.9 Å². The largest absolute Gasteiger partial charge is 0.384 e. The van der Waals surface area contributed by atoms with Gasteiger partial charge in [-0.15, -0.1) is 0 Å². The van der Waals surface area contributed by atoms with E-state index in [1.165, 1.54) is 0 Å². The van der Waals surface area contributed by atoms with Crippen LogP contribution in [-0.2, 0) is 4.74 Å². The summed E-state index contributed by atoms with van der Waals surface area (Å²) < 4.78 is 6.79. The molecule has 9 heteroatoms. The fourth-order valence-electron chi connectivity index (χ4n) is 2.44. The summed E-state index contributed by atoms with van der Waals surface area (Å²) in [5.41, 5.74) is 2.47. The quantitative estimate of drug-likeness (QED) is 0.576. The maximum Gasteiger partial charge on any atom is 0.257 e. The number of nitrogen functional groups attached to an aromatic ring is 1. The Labute approximate surface area is 122 Å². The average Bonchev–Trinajstić information content (AvgIpc) is 3.18. The van der Waals surface area contributed by atoms with Crippen LogP contribution < -0.4 is 16.2 Å². The smallest absolute Gasteiger partial charge is 0.257 e. The van der Waals surface area contributed by atoms with E-state index in [1.54, 1.807) is 24.2 Å². The predicted molar refractivity (Wildman–Crippen MR) is 77.0 cm³/mol. The van der Waals surface area contributed by atoms with Crippen molar-refractivity contribution in [3.05, 3.63) is 18.5 Å². The predicted octanol–water partition coefficient (Wildman–Crippen LogP) is -0.184. The number of nitrogens with one attached hydrogen (secondary N) is 1. The molecule has 0 aliphatic carbocycles. The highest BCUT2D eigenvalue weighted by atomic mass is 16.5. The SMILES string of the molecule is COCC1CCN(c2nc(NN)nc(-n3cccn3)n2)C1. The van der Waals surface area contributed by atoms with Gasteiger partial charge in [0.05, 0.1) is 6.61 Å². The van der Waals surface area contributed by atoms with Crippen molar-refractivity contribution in [1.82, 2.24) is 24.7 Å². The van der Waals surface area contributed by atoms with E-state index < -0.39 is 0 Å². The molecule has 1 aliphatic heterocycles. The minimum absolute atomic E-state index is 0.320. The van der Waals surface area contributed by atoms with Crippen molar-refractivity contribution >= 4 is 11.9 Å². The first kappa shape index (κ1) is 13.7. The minimum Gasteiger partial charge on any atom is -0.384 e. The first-order valence-electron chi connectivity index (χ1n) is 6.76. The molecule has 3 N–H and O–H groups in total. The van der Waals surface area contributed by atoms with Gasteiger partial charge in [-0.2, -0.15) is 20.1 Å². The molecular weight excluding hydrogens is 272 g/mol. The number of anilines is 2. The average molecular weight is 290 g/mol. The molecule has 0 spiro atoms. The number of aromatic nitrogens is 5. The molecule has 1 atom stereocenters. The summed E-state index contributed by atoms with van der Waals surface area (Å²) in [5, 5.41) is 4.13. The summed E-state index contributed by atoms with van der Waals surface area (Å²) in [6.07, 6.45) is 4.50. The maximum atomic E-state index is 5.44. The van der Waals surface area contributed by atoms with Crippen LogP contribution in [0.15, 0.2) is 18.5 Å². The number of methoxy groups -OCH3 is 1. The van der Waals surface area contributed by atoms with Crippen LogP contribution in [0.2, 0.25) is 0 Å². The van der Waals surface area contributed by atoms with Crippen LogP contribution in [0.1, 0.15) is 6.42 Å². The van der Waals surface area contributed by atoms with Crippen LogP contribution in [-0.4, -0.2) is 51.5 Å². The highest BCUT2D eigenvalue weighted by Crippen LogP contribution is 2.22. The lowest BCUT2D eigenvalue weighted by atomic mass is 10.1. The van der Waals surface area contributed by atoms with Gasteiger partial charge in [0, 0.05) is 38.5 Å². The Bertz CT molecular complexity index is 587. The van der Waals surface area contributed by atoms with E-state index in [4.69, 9.17) is 10.6 Å². The highest BCUT2D eigenvalue weighted by molar-refractivity contribution is 5.40. The van der Waals surface area contributed by atoms with E-state index >= 15 is 0 Å². The molecule has 0 radical (unpaired) electrons. The van der Waals surface area contributed by atoms with Gasteiger partial charge in [-0.25, -0.2) is 10.5 Å². The van der Waals surface area contributed by atoms with Crippen molar-refractivity contribution in [3.63, 3.8) is 0 Å². The molecule has 3 heterocycles. The van der Waals surface area contributed by atoms with E-state index in [-0.39, 0.29) is 0 Å². The fourth-order valence-corrected chi connectivity index (χ4v) is 2.44. The van der Waals surface area contributed by atoms with E-state index in [2.05, 4.69) is 30.4 Å². The Kier molecular flexibility index (Phi) is 3.93. The van der Waals surface area contributed by atoms with E-state index in [9.17, 15) is 0 Å². The summed E-state index contributed by atoms with van der Waals surface area (Å²) in [6, 6.07) is 1.81. The number of hydrogen-bond donors (Lipinski definition) is 2. The van der Waals surface area contributed by atoms with Gasteiger partial charge in [0.1, 0.15) is 0 Å². The molecule has 0 bridgehead atoms. The lowest BCUT2D eigenvalue weighted by molar-refractivity contribution is 0.161. The zero-order chi connectivity index (χ0) is 14.7. The summed E-state index contributed by atoms with van der Waals surface area (Å²) in [4.78, 5) is 15.1. The normalized spacial score (nSPS) is 18.2. The summed E-state index contributed by atoms with van der Waals surface area (Å²) in [7, 11) is 1.72. The van der Waals surface area contributed by atoms with Gasteiger partial charge in [-0.3, -0.25) is 5.43 Å². The molecule has 3 rings (SSSR count). The Balaban J connectivity index is 1.87. The third-order valence-corrected chi connectivity index (χ3v) is 3.42. The van der Waals surface area contributed by atoms with Crippen molar-refractivity contribution < 1.29 is 4.74 Å². The third kappa shape index (κ3) is 2.93. The fraction of sp³-hybridized carbons (Fsp3) is 0.500. The lowest BCUT2D eigenvalue weighted by Gasteiger charge is -2.17. The molecule has 1 saturated heterocycles. The Morgan fingerprint density at radius 3 is 2.95 bits per heavy atom. The van der Waals surface area contributed by atoms with Crippen molar-refractivity contribution in [2.75, 3.05) is 37.1 Å². The molecule has 2 aromatic heterocycles. The van der Waals surface area contributed by atoms with Crippen LogP contribution in [0.3, 0.4) is 0 Å². The Morgan fingerprint density at radius 2 is 2.24 bits per heavy atom. The molecule has 9 nitrogen and oxygen atoms in total. The van der Waals surface area contributed by atoms with Crippen LogP contribution in [0, 0.1) is 5.92 Å². The molecule has 1 fully saturated rings. The number of nitrogens with zero attached hydrogens (tertiary/aromatic N) is 6. The molecular formula is C12H18N8O. The van der Waals surface area contributed by atoms with Crippen LogP contribution in [0.5, 0.6) is 0 Å². The Hall–Kier alpha value is -2.26. The molecule has 0 saturated carbocycles. The maximum absolute atomic E-state index is 5.44. The summed E-state index contributed by atoms with van der Waals surface area (Å²) in [5.74, 6) is 7.30. The number of ether oxygens (including phenoxy) is 1. The number of hydrazine groups is 1. The van der Waals surface area contributed by atoms with Gasteiger partial charge in [0.25, 0.3) is 5.95 Å². The van der Waals surface area contributed by atoms with Gasteiger partial charge in [0.15, 0.2) is 0 Å². The first-order valence-corrected chi connectivity index (χ1v) is 6.76. The molecule has 1 aliphatic rings. The van der Waals surface area contributed by atoms with Gasteiger partial charge >= 0.3 is 0 Å². The zero-order valence-corrected chi connectivity index (χ0v) is 11.8. The monoisotopic (exact) mass is 290 g/mol. The highest BCUT2D eigenvalue weighted by Gasteiger charge is 2.25. The Morgan fingerprint density at radius 1 is 1.38 bits per heavy atom. The summed E-state index contributed by atoms with van der Waals surface area (Å²) >= 11 is 0. The number of rotatable bonds is 5. The zero-order valence-electron chi connectivity index (χ0n) is 11.8. The van der Waals surface area contributed by atoms with Crippen molar-refractivity contribution in [2.45, 2.75) is 6.42 Å².